The zero-order valence-electron chi connectivity index (χ0n) is 17.5. The molecule has 1 aliphatic carbocycles. The number of hydrogen-bond acceptors (Lipinski definition) is 3. The summed E-state index contributed by atoms with van der Waals surface area (Å²) < 4.78 is 5.67. The Balaban J connectivity index is 1.55. The van der Waals surface area contributed by atoms with Gasteiger partial charge in [0.2, 0.25) is 0 Å². The van der Waals surface area contributed by atoms with Crippen molar-refractivity contribution >= 4 is 40.8 Å². The average Bonchev–Trinajstić information content (AvgIpc) is 3.09. The minimum Gasteiger partial charge on any atom is -0.462 e. The zero-order chi connectivity index (χ0) is 22.4. The molecule has 6 heteroatoms. The van der Waals surface area contributed by atoms with Crippen LogP contribution < -0.4 is 0 Å². The van der Waals surface area contributed by atoms with Crippen LogP contribution in [0.4, 0.5) is 0 Å². The highest BCUT2D eigenvalue weighted by Crippen LogP contribution is 2.54. The second kappa shape index (κ2) is 8.70. The number of carbonyl (C=O) groups excluding carboxylic acids is 1. The molecule has 5 unspecified atom stereocenters. The number of carbonyl (C=O) groups is 1. The van der Waals surface area contributed by atoms with E-state index in [-0.39, 0.29) is 35.7 Å². The highest BCUT2D eigenvalue weighted by atomic mass is 35.5. The van der Waals surface area contributed by atoms with Crippen molar-refractivity contribution in [2.24, 2.45) is 11.8 Å². The van der Waals surface area contributed by atoms with Crippen molar-refractivity contribution in [2.45, 2.75) is 37.7 Å². The minimum atomic E-state index is -0.142. The number of esters is 1. The van der Waals surface area contributed by atoms with Crippen LogP contribution in [0, 0.1) is 11.8 Å². The van der Waals surface area contributed by atoms with Gasteiger partial charge in [-0.1, -0.05) is 53.0 Å². The van der Waals surface area contributed by atoms with Crippen molar-refractivity contribution in [3.05, 3.63) is 87.1 Å². The van der Waals surface area contributed by atoms with Gasteiger partial charge in [0, 0.05) is 49.9 Å². The van der Waals surface area contributed by atoms with Crippen molar-refractivity contribution in [1.82, 2.24) is 4.98 Å². The van der Waals surface area contributed by atoms with Crippen LogP contribution in [0.15, 0.2) is 60.8 Å². The van der Waals surface area contributed by atoms with Gasteiger partial charge in [-0.3, -0.25) is 9.78 Å². The van der Waals surface area contributed by atoms with Crippen LogP contribution in [0.1, 0.15) is 42.9 Å². The lowest BCUT2D eigenvalue weighted by Gasteiger charge is -2.39. The molecule has 32 heavy (non-hydrogen) atoms. The SMILES string of the molecule is CC1OC(=O)C2CCC(c3ccc(Cl)cc3)C(c3ccc(-c4cc(Cl)ccc4Cl)cn3)C12. The number of hydrogen-bond donors (Lipinski definition) is 0. The molecule has 0 N–H and O–H groups in total. The molecule has 5 atom stereocenters. The number of rotatable bonds is 3. The van der Waals surface area contributed by atoms with E-state index in [0.29, 0.717) is 15.1 Å². The molecule has 3 nitrogen and oxygen atoms in total. The Morgan fingerprint density at radius 3 is 2.34 bits per heavy atom. The van der Waals surface area contributed by atoms with Gasteiger partial charge >= 0.3 is 5.97 Å². The number of aromatic nitrogens is 1. The molecular weight excluding hydrogens is 465 g/mol. The third-order valence-corrected chi connectivity index (χ3v) is 7.73. The van der Waals surface area contributed by atoms with E-state index in [2.05, 4.69) is 18.2 Å². The molecule has 164 valence electrons. The lowest BCUT2D eigenvalue weighted by Crippen LogP contribution is -2.35. The maximum atomic E-state index is 12.5. The van der Waals surface area contributed by atoms with E-state index in [1.165, 1.54) is 5.56 Å². The highest BCUT2D eigenvalue weighted by molar-refractivity contribution is 6.35. The summed E-state index contributed by atoms with van der Waals surface area (Å²) in [5.74, 6) is 0.232. The summed E-state index contributed by atoms with van der Waals surface area (Å²) in [7, 11) is 0. The fraction of sp³-hybridized carbons (Fsp3) is 0.308. The van der Waals surface area contributed by atoms with Crippen LogP contribution in [-0.4, -0.2) is 17.1 Å². The van der Waals surface area contributed by atoms with Crippen LogP contribution in [0.25, 0.3) is 11.1 Å². The highest BCUT2D eigenvalue weighted by Gasteiger charge is 2.52. The Kier molecular flexibility index (Phi) is 5.92. The molecule has 1 aromatic heterocycles. The number of benzene rings is 2. The van der Waals surface area contributed by atoms with Gasteiger partial charge in [-0.25, -0.2) is 0 Å². The fourth-order valence-corrected chi connectivity index (χ4v) is 5.99. The number of halogens is 3. The minimum absolute atomic E-state index is 0.0697. The summed E-state index contributed by atoms with van der Waals surface area (Å²) in [5.41, 5.74) is 3.94. The van der Waals surface area contributed by atoms with Gasteiger partial charge in [0.1, 0.15) is 6.10 Å². The van der Waals surface area contributed by atoms with Gasteiger partial charge < -0.3 is 4.74 Å². The summed E-state index contributed by atoms with van der Waals surface area (Å²) >= 11 is 18.7. The Labute approximate surface area is 202 Å². The van der Waals surface area contributed by atoms with E-state index < -0.39 is 0 Å². The van der Waals surface area contributed by atoms with Crippen molar-refractivity contribution < 1.29 is 9.53 Å². The molecule has 0 radical (unpaired) electrons. The number of cyclic esters (lactones) is 1. The Morgan fingerprint density at radius 1 is 0.906 bits per heavy atom. The predicted molar refractivity (Wildman–Crippen MR) is 128 cm³/mol. The van der Waals surface area contributed by atoms with Crippen molar-refractivity contribution in [3.63, 3.8) is 0 Å². The van der Waals surface area contributed by atoms with Crippen LogP contribution >= 0.6 is 34.8 Å². The number of nitrogens with zero attached hydrogens (tertiary/aromatic N) is 1. The summed E-state index contributed by atoms with van der Waals surface area (Å²) in [6, 6.07) is 17.5. The lowest BCUT2D eigenvalue weighted by atomic mass is 9.63. The standard InChI is InChI=1S/C26H22Cl3NO2/c1-14-24-20(26(31)32-14)9-8-19(15-2-5-17(27)6-3-15)25(24)23-11-4-16(13-30-23)21-12-18(28)7-10-22(21)29/h2-7,10-14,19-20,24-25H,8-9H2,1H3. The fourth-order valence-electron chi connectivity index (χ4n) is 5.46. The summed E-state index contributed by atoms with van der Waals surface area (Å²) in [4.78, 5) is 17.4. The molecule has 1 saturated carbocycles. The van der Waals surface area contributed by atoms with Crippen LogP contribution in [0.5, 0.6) is 0 Å². The molecule has 3 aromatic rings. The molecule has 1 aliphatic heterocycles. The van der Waals surface area contributed by atoms with Gasteiger partial charge in [0.05, 0.1) is 5.92 Å². The predicted octanol–water partition coefficient (Wildman–Crippen LogP) is 7.55. The van der Waals surface area contributed by atoms with Gasteiger partial charge in [-0.2, -0.15) is 0 Å². The molecule has 2 fully saturated rings. The quantitative estimate of drug-likeness (QED) is 0.359. The first kappa shape index (κ1) is 21.8. The smallest absolute Gasteiger partial charge is 0.309 e. The second-order valence-corrected chi connectivity index (χ2v) is 9.96. The van der Waals surface area contributed by atoms with Gasteiger partial charge in [0.15, 0.2) is 0 Å². The van der Waals surface area contributed by atoms with Crippen LogP contribution in [-0.2, 0) is 9.53 Å². The summed E-state index contributed by atoms with van der Waals surface area (Å²) in [6.45, 7) is 2.00. The maximum Gasteiger partial charge on any atom is 0.309 e. The van der Waals surface area contributed by atoms with Crippen molar-refractivity contribution in [2.75, 3.05) is 0 Å². The third kappa shape index (κ3) is 3.91. The summed E-state index contributed by atoms with van der Waals surface area (Å²) in [5, 5.41) is 1.97. The topological polar surface area (TPSA) is 39.2 Å². The Bertz CT molecular complexity index is 1150. The van der Waals surface area contributed by atoms with Crippen molar-refractivity contribution in [1.29, 1.82) is 0 Å². The number of pyridine rings is 1. The first-order valence-corrected chi connectivity index (χ1v) is 11.9. The largest absolute Gasteiger partial charge is 0.462 e. The van der Waals surface area contributed by atoms with E-state index in [1.54, 1.807) is 12.1 Å². The van der Waals surface area contributed by atoms with Gasteiger partial charge in [-0.05, 0) is 67.6 Å². The van der Waals surface area contributed by atoms with E-state index in [4.69, 9.17) is 44.5 Å². The normalized spacial score (nSPS) is 27.1. The lowest BCUT2D eigenvalue weighted by molar-refractivity contribution is -0.143. The van der Waals surface area contributed by atoms with E-state index in [1.807, 2.05) is 37.4 Å². The Morgan fingerprint density at radius 2 is 1.62 bits per heavy atom. The van der Waals surface area contributed by atoms with Crippen LogP contribution in [0.2, 0.25) is 15.1 Å². The van der Waals surface area contributed by atoms with Crippen molar-refractivity contribution in [3.8, 4) is 11.1 Å². The second-order valence-electron chi connectivity index (χ2n) is 8.68. The molecule has 2 aliphatic rings. The van der Waals surface area contributed by atoms with Gasteiger partial charge in [0.25, 0.3) is 0 Å². The zero-order valence-corrected chi connectivity index (χ0v) is 19.7. The first-order valence-electron chi connectivity index (χ1n) is 10.8. The molecule has 0 bridgehead atoms. The third-order valence-electron chi connectivity index (χ3n) is 6.91. The molecular formula is C26H22Cl3NO2. The molecule has 1 saturated heterocycles. The Hall–Kier alpha value is -2.07. The number of fused-ring (bicyclic) bond motifs is 1. The molecule has 2 aromatic carbocycles. The monoisotopic (exact) mass is 485 g/mol. The molecule has 0 amide bonds. The van der Waals surface area contributed by atoms with E-state index >= 15 is 0 Å². The maximum absolute atomic E-state index is 12.5. The summed E-state index contributed by atoms with van der Waals surface area (Å²) in [6.07, 6.45) is 3.43. The van der Waals surface area contributed by atoms with Gasteiger partial charge in [-0.15, -0.1) is 0 Å². The van der Waals surface area contributed by atoms with E-state index in [9.17, 15) is 4.79 Å². The molecule has 5 rings (SSSR count). The molecule has 2 heterocycles. The van der Waals surface area contributed by atoms with E-state index in [0.717, 1.165) is 29.7 Å². The van der Waals surface area contributed by atoms with Crippen LogP contribution in [0.3, 0.4) is 0 Å². The first-order chi connectivity index (χ1) is 15.4. The number of ether oxygens (including phenoxy) is 1. The molecule has 0 spiro atoms. The average molecular weight is 487 g/mol.